The maximum atomic E-state index is 11.5. The number of carbonyl (C=O) groups is 1. The van der Waals surface area contributed by atoms with E-state index in [9.17, 15) is 18.0 Å². The van der Waals surface area contributed by atoms with Gasteiger partial charge in [-0.1, -0.05) is 0 Å². The zero-order valence-corrected chi connectivity index (χ0v) is 8.77. The Hall–Kier alpha value is -0.820. The molecular weight excluding hydrogens is 225 g/mol. The van der Waals surface area contributed by atoms with Crippen LogP contribution in [-0.4, -0.2) is 38.5 Å². The minimum atomic E-state index is -4.57. The second-order valence-corrected chi connectivity index (χ2v) is 3.61. The Morgan fingerprint density at radius 2 is 1.94 bits per heavy atom. The molecule has 0 saturated heterocycles. The summed E-state index contributed by atoms with van der Waals surface area (Å²) in [5.74, 6) is 0.196. The molecule has 0 spiro atoms. The smallest absolute Gasteiger partial charge is 0.355 e. The highest BCUT2D eigenvalue weighted by Gasteiger charge is 2.29. The molecule has 0 aromatic rings. The lowest BCUT2D eigenvalue weighted by Crippen LogP contribution is -2.34. The molecule has 0 radical (unpaired) electrons. The number of halogens is 3. The van der Waals surface area contributed by atoms with Gasteiger partial charge >= 0.3 is 6.36 Å². The molecule has 16 heavy (non-hydrogen) atoms. The van der Waals surface area contributed by atoms with Gasteiger partial charge in [-0.15, -0.1) is 13.2 Å². The van der Waals surface area contributed by atoms with Crippen LogP contribution in [0.5, 0.6) is 0 Å². The predicted molar refractivity (Wildman–Crippen MR) is 50.6 cm³/mol. The standard InChI is InChI=1S/C9H15F3N2O2/c10-9(11,12)16-6-5-13-3-4-14-8(15)7-1-2-7/h7,13H,1-6H2,(H,14,15). The van der Waals surface area contributed by atoms with Crippen LogP contribution < -0.4 is 10.6 Å². The van der Waals surface area contributed by atoms with Crippen molar-refractivity contribution in [1.82, 2.24) is 10.6 Å². The number of rotatable bonds is 7. The van der Waals surface area contributed by atoms with E-state index in [1.165, 1.54) is 0 Å². The minimum Gasteiger partial charge on any atom is -0.355 e. The van der Waals surface area contributed by atoms with Crippen molar-refractivity contribution < 1.29 is 22.7 Å². The second-order valence-electron chi connectivity index (χ2n) is 3.61. The van der Waals surface area contributed by atoms with E-state index in [-0.39, 0.29) is 18.4 Å². The minimum absolute atomic E-state index is 0.0355. The van der Waals surface area contributed by atoms with E-state index in [4.69, 9.17) is 0 Å². The summed E-state index contributed by atoms with van der Waals surface area (Å²) in [7, 11) is 0. The summed E-state index contributed by atoms with van der Waals surface area (Å²) in [4.78, 5) is 11.1. The highest BCUT2D eigenvalue weighted by atomic mass is 19.4. The molecule has 0 atom stereocenters. The van der Waals surface area contributed by atoms with E-state index in [0.717, 1.165) is 12.8 Å². The lowest BCUT2D eigenvalue weighted by atomic mass is 10.4. The molecule has 1 rings (SSSR count). The van der Waals surface area contributed by atoms with Crippen LogP contribution in [0.4, 0.5) is 13.2 Å². The number of carbonyl (C=O) groups excluding carboxylic acids is 1. The fourth-order valence-corrected chi connectivity index (χ4v) is 1.13. The number of alkyl halides is 3. The van der Waals surface area contributed by atoms with E-state index in [1.54, 1.807) is 0 Å². The van der Waals surface area contributed by atoms with Crippen LogP contribution in [0.3, 0.4) is 0 Å². The lowest BCUT2D eigenvalue weighted by Gasteiger charge is -2.08. The molecule has 0 unspecified atom stereocenters. The van der Waals surface area contributed by atoms with Crippen LogP contribution >= 0.6 is 0 Å². The van der Waals surface area contributed by atoms with E-state index < -0.39 is 13.0 Å². The molecule has 4 nitrogen and oxygen atoms in total. The zero-order valence-electron chi connectivity index (χ0n) is 8.77. The summed E-state index contributed by atoms with van der Waals surface area (Å²) in [6.07, 6.45) is -2.68. The van der Waals surface area contributed by atoms with E-state index in [1.807, 2.05) is 0 Å². The highest BCUT2D eigenvalue weighted by molar-refractivity contribution is 5.80. The third-order valence-electron chi connectivity index (χ3n) is 2.09. The molecule has 1 aliphatic carbocycles. The molecule has 1 aliphatic rings. The fourth-order valence-electron chi connectivity index (χ4n) is 1.13. The third-order valence-corrected chi connectivity index (χ3v) is 2.09. The van der Waals surface area contributed by atoms with Crippen LogP contribution in [0.1, 0.15) is 12.8 Å². The quantitative estimate of drug-likeness (QED) is 0.642. The number of ether oxygens (including phenoxy) is 1. The summed E-state index contributed by atoms with van der Waals surface area (Å²) in [6, 6.07) is 0. The van der Waals surface area contributed by atoms with Gasteiger partial charge < -0.3 is 10.6 Å². The van der Waals surface area contributed by atoms with Gasteiger partial charge in [0.1, 0.15) is 0 Å². The predicted octanol–water partition coefficient (Wildman–Crippen LogP) is 0.639. The molecule has 1 saturated carbocycles. The van der Waals surface area contributed by atoms with Gasteiger partial charge in [0, 0.05) is 25.6 Å². The summed E-state index contributed by atoms with van der Waals surface area (Å²) >= 11 is 0. The second kappa shape index (κ2) is 6.05. The number of nitrogens with one attached hydrogen (secondary N) is 2. The first kappa shape index (κ1) is 13.2. The Morgan fingerprint density at radius 3 is 2.50 bits per heavy atom. The molecule has 1 amide bonds. The normalized spacial score (nSPS) is 16.2. The Morgan fingerprint density at radius 1 is 1.25 bits per heavy atom. The number of amides is 1. The van der Waals surface area contributed by atoms with Crippen molar-refractivity contribution in [3.63, 3.8) is 0 Å². The van der Waals surface area contributed by atoms with Crippen molar-refractivity contribution >= 4 is 5.91 Å². The molecule has 7 heteroatoms. The van der Waals surface area contributed by atoms with Crippen molar-refractivity contribution in [3.05, 3.63) is 0 Å². The van der Waals surface area contributed by atoms with Crippen LogP contribution in [0.2, 0.25) is 0 Å². The molecule has 0 bridgehead atoms. The van der Waals surface area contributed by atoms with Gasteiger partial charge in [-0.3, -0.25) is 9.53 Å². The van der Waals surface area contributed by atoms with Gasteiger partial charge in [-0.25, -0.2) is 0 Å². The monoisotopic (exact) mass is 240 g/mol. The maximum absolute atomic E-state index is 11.5. The fraction of sp³-hybridized carbons (Fsp3) is 0.889. The van der Waals surface area contributed by atoms with Gasteiger partial charge in [-0.05, 0) is 12.8 Å². The van der Waals surface area contributed by atoms with Crippen LogP contribution in [0, 0.1) is 5.92 Å². The van der Waals surface area contributed by atoms with Gasteiger partial charge in [0.25, 0.3) is 0 Å². The Bertz CT molecular complexity index is 229. The molecule has 1 fully saturated rings. The molecule has 0 aromatic heterocycles. The zero-order chi connectivity index (χ0) is 12.0. The number of hydrogen-bond donors (Lipinski definition) is 2. The van der Waals surface area contributed by atoms with E-state index in [0.29, 0.717) is 13.1 Å². The largest absolute Gasteiger partial charge is 0.522 e. The van der Waals surface area contributed by atoms with E-state index in [2.05, 4.69) is 15.4 Å². The highest BCUT2D eigenvalue weighted by Crippen LogP contribution is 2.28. The third kappa shape index (κ3) is 6.62. The van der Waals surface area contributed by atoms with Crippen LogP contribution in [0.25, 0.3) is 0 Å². The molecule has 0 aliphatic heterocycles. The van der Waals surface area contributed by atoms with Crippen molar-refractivity contribution in [2.75, 3.05) is 26.2 Å². The van der Waals surface area contributed by atoms with Crippen LogP contribution in [-0.2, 0) is 9.53 Å². The van der Waals surface area contributed by atoms with Gasteiger partial charge in [0.05, 0.1) is 6.61 Å². The SMILES string of the molecule is O=C(NCCNCCOC(F)(F)F)C1CC1. The molecule has 0 heterocycles. The van der Waals surface area contributed by atoms with E-state index >= 15 is 0 Å². The molecule has 94 valence electrons. The Balaban J connectivity index is 1.82. The summed E-state index contributed by atoms with van der Waals surface area (Å²) in [5, 5.41) is 5.42. The van der Waals surface area contributed by atoms with Gasteiger partial charge in [0.15, 0.2) is 0 Å². The summed E-state index contributed by atoms with van der Waals surface area (Å²) < 4.78 is 38.1. The van der Waals surface area contributed by atoms with Crippen molar-refractivity contribution in [3.8, 4) is 0 Å². The first-order valence-electron chi connectivity index (χ1n) is 5.18. The molecule has 0 aromatic carbocycles. The molecule has 2 N–H and O–H groups in total. The first-order valence-corrected chi connectivity index (χ1v) is 5.18. The summed E-state index contributed by atoms with van der Waals surface area (Å²) in [6.45, 7) is 0.569. The van der Waals surface area contributed by atoms with Crippen molar-refractivity contribution in [2.24, 2.45) is 5.92 Å². The summed E-state index contributed by atoms with van der Waals surface area (Å²) in [5.41, 5.74) is 0. The molecular formula is C9H15F3N2O2. The Labute approximate surface area is 91.5 Å². The number of hydrogen-bond acceptors (Lipinski definition) is 3. The van der Waals surface area contributed by atoms with Gasteiger partial charge in [-0.2, -0.15) is 0 Å². The topological polar surface area (TPSA) is 50.4 Å². The average molecular weight is 240 g/mol. The van der Waals surface area contributed by atoms with Crippen molar-refractivity contribution in [1.29, 1.82) is 0 Å². The maximum Gasteiger partial charge on any atom is 0.522 e. The van der Waals surface area contributed by atoms with Gasteiger partial charge in [0.2, 0.25) is 5.91 Å². The first-order chi connectivity index (χ1) is 7.49. The lowest BCUT2D eigenvalue weighted by molar-refractivity contribution is -0.323. The van der Waals surface area contributed by atoms with Crippen molar-refractivity contribution in [2.45, 2.75) is 19.2 Å². The Kier molecular flexibility index (Phi) is 5.01. The average Bonchev–Trinajstić information content (AvgIpc) is 2.97. The van der Waals surface area contributed by atoms with Crippen LogP contribution in [0.15, 0.2) is 0 Å².